The summed E-state index contributed by atoms with van der Waals surface area (Å²) in [6.45, 7) is 23.9. The predicted octanol–water partition coefficient (Wildman–Crippen LogP) is 17.4. The van der Waals surface area contributed by atoms with E-state index in [1.807, 2.05) is 48.5 Å². The Morgan fingerprint density at radius 3 is 0.959 bits per heavy atom. The first kappa shape index (κ1) is 60.1. The molecule has 4 aromatic carbocycles. The van der Waals surface area contributed by atoms with Crippen LogP contribution in [0.1, 0.15) is 208 Å². The number of aromatic nitrogens is 3. The van der Waals surface area contributed by atoms with Crippen LogP contribution in [0.25, 0.3) is 34.2 Å². The molecule has 0 unspecified atom stereocenters. The van der Waals surface area contributed by atoms with E-state index in [9.17, 15) is 0 Å². The number of unbranched alkanes of at least 4 members (excludes halogenated alkanes) is 15. The van der Waals surface area contributed by atoms with E-state index in [0.717, 1.165) is 44.9 Å². The summed E-state index contributed by atoms with van der Waals surface area (Å²) in [5.41, 5.74) is 7.89. The van der Waals surface area contributed by atoms with Crippen molar-refractivity contribution in [3.63, 3.8) is 0 Å². The highest BCUT2D eigenvalue weighted by Gasteiger charge is 2.54. The summed E-state index contributed by atoms with van der Waals surface area (Å²) in [6, 6.07) is 29.7. The molecule has 11 heteroatoms. The molecule has 0 N–H and O–H groups in total. The molecule has 1 aromatic heterocycles. The lowest BCUT2D eigenvalue weighted by Crippen LogP contribution is -2.43. The second kappa shape index (κ2) is 28.4. The van der Waals surface area contributed by atoms with Crippen molar-refractivity contribution in [2.75, 3.05) is 0 Å². The Morgan fingerprint density at radius 2 is 0.635 bits per heavy atom. The molecule has 2 fully saturated rings. The number of halogens is 2. The molecule has 0 atom stereocenters. The molecule has 2 aliphatic heterocycles. The molecule has 0 saturated carbocycles. The number of aryl methyl sites for hydroxylation is 3. The minimum atomic E-state index is -0.358. The molecular formula is C63H89B2Br2N3O4. The Balaban J connectivity index is 0.000000241. The van der Waals surface area contributed by atoms with Gasteiger partial charge in [0.25, 0.3) is 0 Å². The van der Waals surface area contributed by atoms with Gasteiger partial charge in [0, 0.05) is 25.6 Å². The molecule has 0 spiro atoms. The van der Waals surface area contributed by atoms with Gasteiger partial charge in [-0.25, -0.2) is 15.0 Å². The van der Waals surface area contributed by atoms with Crippen LogP contribution in [0.15, 0.2) is 93.9 Å². The fourth-order valence-electron chi connectivity index (χ4n) is 9.62. The minimum Gasteiger partial charge on any atom is -0.399 e. The molecule has 74 heavy (non-hydrogen) atoms. The number of rotatable bonds is 26. The summed E-state index contributed by atoms with van der Waals surface area (Å²) < 4.78 is 28.3. The first-order valence-corrected chi connectivity index (χ1v) is 30.2. The van der Waals surface area contributed by atoms with Crippen molar-refractivity contribution in [1.29, 1.82) is 0 Å². The second-order valence-corrected chi connectivity index (χ2v) is 24.8. The SMILES string of the molecule is CCCCCCCCCCCCc1ccc(-c2nc(-c3ccc(Br)cc3)nc(-c3ccc(Br)cc3)n2)cc1.CCCCCCc1cc(B2OC(C)(C)C(C)(C)O2)c(CCCCCC)cc1B1OC(C)(C)C(C)(C)O1. The van der Waals surface area contributed by atoms with Crippen molar-refractivity contribution in [3.8, 4) is 34.2 Å². The Morgan fingerprint density at radius 1 is 0.365 bits per heavy atom. The van der Waals surface area contributed by atoms with Crippen LogP contribution in [0.5, 0.6) is 0 Å². The number of hydrogen-bond donors (Lipinski definition) is 0. The van der Waals surface area contributed by atoms with Crippen LogP contribution in [-0.2, 0) is 37.9 Å². The van der Waals surface area contributed by atoms with Crippen molar-refractivity contribution in [2.24, 2.45) is 0 Å². The quantitative estimate of drug-likeness (QED) is 0.0403. The van der Waals surface area contributed by atoms with Gasteiger partial charge in [0.1, 0.15) is 0 Å². The average Bonchev–Trinajstić information content (AvgIpc) is 3.74. The maximum atomic E-state index is 6.56. The van der Waals surface area contributed by atoms with Crippen molar-refractivity contribution in [2.45, 2.75) is 233 Å². The summed E-state index contributed by atoms with van der Waals surface area (Å²) in [7, 11) is -0.698. The zero-order valence-electron chi connectivity index (χ0n) is 47.3. The predicted molar refractivity (Wildman–Crippen MR) is 321 cm³/mol. The molecule has 2 aliphatic rings. The molecule has 0 radical (unpaired) electrons. The third kappa shape index (κ3) is 16.9. The first-order chi connectivity index (χ1) is 35.4. The second-order valence-electron chi connectivity index (χ2n) is 23.0. The van der Waals surface area contributed by atoms with E-state index in [1.165, 1.54) is 143 Å². The normalized spacial score (nSPS) is 16.4. The summed E-state index contributed by atoms with van der Waals surface area (Å²) >= 11 is 7.04. The Bertz CT molecular complexity index is 2310. The van der Waals surface area contributed by atoms with Crippen molar-refractivity contribution < 1.29 is 18.6 Å². The van der Waals surface area contributed by atoms with Gasteiger partial charge in [0.15, 0.2) is 17.5 Å². The highest BCUT2D eigenvalue weighted by molar-refractivity contribution is 9.10. The van der Waals surface area contributed by atoms with Gasteiger partial charge >= 0.3 is 14.2 Å². The molecule has 2 saturated heterocycles. The van der Waals surface area contributed by atoms with Gasteiger partial charge in [0.05, 0.1) is 22.4 Å². The average molecular weight is 1130 g/mol. The van der Waals surface area contributed by atoms with Crippen molar-refractivity contribution >= 4 is 57.0 Å². The van der Waals surface area contributed by atoms with E-state index in [-0.39, 0.29) is 36.6 Å². The molecule has 3 heterocycles. The summed E-state index contributed by atoms with van der Waals surface area (Å²) in [5, 5.41) is 0. The van der Waals surface area contributed by atoms with Crippen molar-refractivity contribution in [3.05, 3.63) is 111 Å². The molecular weight excluding hydrogens is 1040 g/mol. The molecule has 0 amide bonds. The summed E-state index contributed by atoms with van der Waals surface area (Å²) in [4.78, 5) is 14.5. The summed E-state index contributed by atoms with van der Waals surface area (Å²) in [5.74, 6) is 2.05. The van der Waals surface area contributed by atoms with Crippen molar-refractivity contribution in [1.82, 2.24) is 15.0 Å². The van der Waals surface area contributed by atoms with E-state index in [4.69, 9.17) is 33.6 Å². The van der Waals surface area contributed by atoms with E-state index in [0.29, 0.717) is 17.5 Å². The molecule has 400 valence electrons. The standard InChI is InChI=1S/C33H37Br2N3.C30H52B2O4/c1-2-3-4-5-6-7-8-9-10-11-12-25-13-15-26(16-14-25)31-36-32(27-17-21-29(34)22-18-27)38-33(37-31)28-19-23-30(35)24-20-28;1-11-13-15-17-19-23-21-26(32-35-29(7,8)30(9,10)36-32)24(20-18-16-14-12-2)22-25(23)31-33-27(3,4)28(5,6)34-31/h13-24H,2-12H2,1H3;21-22H,11-20H2,1-10H3. The topological polar surface area (TPSA) is 75.6 Å². The first-order valence-electron chi connectivity index (χ1n) is 28.6. The number of hydrogen-bond acceptors (Lipinski definition) is 7. The van der Waals surface area contributed by atoms with E-state index >= 15 is 0 Å². The van der Waals surface area contributed by atoms with Crippen LogP contribution in [0.4, 0.5) is 0 Å². The Hall–Kier alpha value is -3.18. The fourth-order valence-corrected chi connectivity index (χ4v) is 10.2. The van der Waals surface area contributed by atoms with Gasteiger partial charge < -0.3 is 18.6 Å². The van der Waals surface area contributed by atoms with Gasteiger partial charge in [-0.3, -0.25) is 0 Å². The molecule has 7 nitrogen and oxygen atoms in total. The maximum absolute atomic E-state index is 6.56. The molecule has 5 aromatic rings. The summed E-state index contributed by atoms with van der Waals surface area (Å²) in [6.07, 6.45) is 26.6. The Kier molecular flexibility index (Phi) is 23.1. The highest BCUT2D eigenvalue weighted by Crippen LogP contribution is 2.39. The smallest absolute Gasteiger partial charge is 0.399 e. The van der Waals surface area contributed by atoms with E-state index < -0.39 is 0 Å². The largest absolute Gasteiger partial charge is 0.495 e. The zero-order valence-corrected chi connectivity index (χ0v) is 50.5. The molecule has 0 aliphatic carbocycles. The minimum absolute atomic E-state index is 0.349. The van der Waals surface area contributed by atoms with Gasteiger partial charge in [-0.1, -0.05) is 210 Å². The molecule has 0 bridgehead atoms. The third-order valence-corrected chi connectivity index (χ3v) is 16.9. The van der Waals surface area contributed by atoms with Gasteiger partial charge in [-0.05, 0) is 146 Å². The zero-order chi connectivity index (χ0) is 53.4. The van der Waals surface area contributed by atoms with Crippen LogP contribution < -0.4 is 10.9 Å². The monoisotopic (exact) mass is 1130 g/mol. The van der Waals surface area contributed by atoms with Crippen LogP contribution in [0.2, 0.25) is 0 Å². The fraction of sp³-hybridized carbons (Fsp3) is 0.571. The number of nitrogens with zero attached hydrogens (tertiary/aromatic N) is 3. The van der Waals surface area contributed by atoms with Gasteiger partial charge in [0.2, 0.25) is 0 Å². The lowest BCUT2D eigenvalue weighted by atomic mass is 9.67. The lowest BCUT2D eigenvalue weighted by Gasteiger charge is -2.32. The van der Waals surface area contributed by atoms with E-state index in [2.05, 4.69) is 144 Å². The highest BCUT2D eigenvalue weighted by atomic mass is 79.9. The van der Waals surface area contributed by atoms with Crippen LogP contribution in [0, 0.1) is 0 Å². The van der Waals surface area contributed by atoms with Gasteiger partial charge in [-0.2, -0.15) is 0 Å². The Labute approximate surface area is 465 Å². The van der Waals surface area contributed by atoms with Crippen LogP contribution in [0.3, 0.4) is 0 Å². The maximum Gasteiger partial charge on any atom is 0.495 e. The number of benzene rings is 4. The van der Waals surface area contributed by atoms with Crippen LogP contribution in [-0.4, -0.2) is 51.6 Å². The van der Waals surface area contributed by atoms with Gasteiger partial charge in [-0.15, -0.1) is 0 Å². The lowest BCUT2D eigenvalue weighted by molar-refractivity contribution is 0.00578. The van der Waals surface area contributed by atoms with Crippen LogP contribution >= 0.6 is 31.9 Å². The van der Waals surface area contributed by atoms with E-state index in [1.54, 1.807) is 0 Å². The molecule has 7 rings (SSSR count). The third-order valence-electron chi connectivity index (χ3n) is 15.9.